The predicted molar refractivity (Wildman–Crippen MR) is 88.3 cm³/mol. The van der Waals surface area contributed by atoms with Crippen LogP contribution in [0.1, 0.15) is 6.92 Å². The number of aliphatic hydroxyl groups is 3. The van der Waals surface area contributed by atoms with Crippen molar-refractivity contribution in [3.05, 3.63) is 12.5 Å². The summed E-state index contributed by atoms with van der Waals surface area (Å²) < 4.78 is 5.04. The van der Waals surface area contributed by atoms with Gasteiger partial charge < -0.3 is 30.1 Å². The van der Waals surface area contributed by atoms with Crippen molar-refractivity contribution < 1.29 is 35.3 Å². The molecule has 7 N–H and O–H groups in total. The molecule has 25 heavy (non-hydrogen) atoms. The fourth-order valence-electron chi connectivity index (χ4n) is 2.96. The molecule has 1 saturated heterocycles. The Kier molecular flexibility index (Phi) is 4.54. The van der Waals surface area contributed by atoms with Gasteiger partial charge in [-0.05, 0) is 22.9 Å². The third-order valence-electron chi connectivity index (χ3n) is 4.35. The van der Waals surface area contributed by atoms with Crippen LogP contribution in [0.3, 0.4) is 0 Å². The zero-order valence-electron chi connectivity index (χ0n) is 12.9. The highest BCUT2D eigenvalue weighted by Crippen LogP contribution is 2.49. The van der Waals surface area contributed by atoms with Gasteiger partial charge in [0.2, 0.25) is 4.63 Å². The molecule has 0 aromatic carbocycles. The Bertz CT molecular complexity index is 803. The summed E-state index contributed by atoms with van der Waals surface area (Å²) in [7, 11) is -1.94. The Morgan fingerprint density at radius 2 is 2.12 bits per heavy atom. The zero-order valence-corrected chi connectivity index (χ0v) is 14.5. The number of anilines is 1. The lowest BCUT2D eigenvalue weighted by molar-refractivity contribution is -0.116. The molecule has 3 heterocycles. The number of ether oxygens (including phenoxy) is 1. The van der Waals surface area contributed by atoms with Crippen molar-refractivity contribution in [1.82, 2.24) is 14.5 Å². The minimum absolute atomic E-state index is 0.0672. The molecule has 2 aromatic rings. The molecule has 136 valence electrons. The van der Waals surface area contributed by atoms with Crippen molar-refractivity contribution in [2.24, 2.45) is 0 Å². The normalized spacial score (nSPS) is 32.3. The second-order valence-corrected chi connectivity index (χ2v) is 6.93. The average Bonchev–Trinajstić information content (AvgIpc) is 3.05. The van der Waals surface area contributed by atoms with Crippen LogP contribution < -0.4 is 10.9 Å². The lowest BCUT2D eigenvalue weighted by atomic mass is 9.80. The lowest BCUT2D eigenvalue weighted by Gasteiger charge is -2.35. The monoisotopic (exact) mass is 418 g/mol. The SMILES string of the molecule is C[C@]1(O)[C@H](O)[C@@H](CO)O[C@@]1(Br)n1cc(B(O)O)c2c(NO)ncnc21. The molecule has 4 atom stereocenters. The van der Waals surface area contributed by atoms with Crippen LogP contribution in [-0.2, 0) is 9.37 Å². The number of alkyl halides is 1. The number of nitrogens with zero attached hydrogens (tertiary/aromatic N) is 3. The van der Waals surface area contributed by atoms with Crippen LogP contribution in [0.15, 0.2) is 12.5 Å². The highest BCUT2D eigenvalue weighted by atomic mass is 79.9. The van der Waals surface area contributed by atoms with Crippen LogP contribution in [0, 0.1) is 0 Å². The number of nitrogens with one attached hydrogen (secondary N) is 1. The first-order valence-electron chi connectivity index (χ1n) is 7.19. The first-order valence-corrected chi connectivity index (χ1v) is 7.99. The Hall–Kier alpha value is -1.32. The molecule has 0 aliphatic carbocycles. The average molecular weight is 419 g/mol. The maximum Gasteiger partial charge on any atom is 0.490 e. The van der Waals surface area contributed by atoms with Gasteiger partial charge in [-0.25, -0.2) is 9.97 Å². The minimum atomic E-state index is -1.94. The summed E-state index contributed by atoms with van der Waals surface area (Å²) in [4.78, 5) is 7.84. The van der Waals surface area contributed by atoms with Gasteiger partial charge in [-0.1, -0.05) is 0 Å². The minimum Gasteiger partial charge on any atom is -0.423 e. The first kappa shape index (κ1) is 18.5. The summed E-state index contributed by atoms with van der Waals surface area (Å²) in [5.41, 5.74) is -0.102. The molecule has 3 rings (SSSR count). The van der Waals surface area contributed by atoms with Gasteiger partial charge in [0.05, 0.1) is 12.0 Å². The summed E-state index contributed by atoms with van der Waals surface area (Å²) in [6, 6.07) is 0. The highest BCUT2D eigenvalue weighted by molar-refractivity contribution is 9.09. The van der Waals surface area contributed by atoms with E-state index in [2.05, 4.69) is 25.9 Å². The van der Waals surface area contributed by atoms with Gasteiger partial charge in [0.25, 0.3) is 0 Å². The summed E-state index contributed by atoms with van der Waals surface area (Å²) in [6.07, 6.45) is -0.230. The molecule has 1 aliphatic heterocycles. The fourth-order valence-corrected chi connectivity index (χ4v) is 3.70. The van der Waals surface area contributed by atoms with Crippen LogP contribution in [0.5, 0.6) is 0 Å². The Morgan fingerprint density at radius 1 is 1.44 bits per heavy atom. The van der Waals surface area contributed by atoms with E-state index in [-0.39, 0.29) is 22.3 Å². The van der Waals surface area contributed by atoms with E-state index < -0.39 is 36.2 Å². The fraction of sp³-hybridized carbons (Fsp3) is 0.500. The van der Waals surface area contributed by atoms with Gasteiger partial charge in [-0.15, -0.1) is 0 Å². The standard InChI is InChI=1S/C12H16BBrN4O7/c1-11(21)8(20)6(3-19)25-12(11,14)18-2-5(13(22)23)7-9(17-24)15-4-16-10(7)18/h2,4,6,8,19-24H,3H2,1H3,(H,15,16,17)/t6-,8-,11+,12+/m1/s1. The van der Waals surface area contributed by atoms with Gasteiger partial charge in [0.1, 0.15) is 29.8 Å². The molecular formula is C12H16BBrN4O7. The second kappa shape index (κ2) is 6.14. The van der Waals surface area contributed by atoms with E-state index in [1.165, 1.54) is 17.7 Å². The number of aromatic nitrogens is 3. The molecule has 11 nitrogen and oxygen atoms in total. The Morgan fingerprint density at radius 3 is 2.64 bits per heavy atom. The molecule has 0 amide bonds. The van der Waals surface area contributed by atoms with Crippen LogP contribution in [0.25, 0.3) is 11.0 Å². The topological polar surface area (TPSA) is 173 Å². The van der Waals surface area contributed by atoms with E-state index in [1.54, 1.807) is 0 Å². The number of halogens is 1. The largest absolute Gasteiger partial charge is 0.490 e. The molecule has 0 saturated carbocycles. The van der Waals surface area contributed by atoms with Gasteiger partial charge in [0.15, 0.2) is 5.82 Å². The third-order valence-corrected chi connectivity index (χ3v) is 5.72. The zero-order chi connectivity index (χ0) is 18.6. The summed E-state index contributed by atoms with van der Waals surface area (Å²) in [5.74, 6) is -0.0974. The van der Waals surface area contributed by atoms with Crippen molar-refractivity contribution in [2.45, 2.75) is 29.4 Å². The second-order valence-electron chi connectivity index (χ2n) is 5.85. The highest BCUT2D eigenvalue weighted by Gasteiger charge is 2.63. The summed E-state index contributed by atoms with van der Waals surface area (Å²) in [5, 5.41) is 58.9. The summed E-state index contributed by atoms with van der Waals surface area (Å²) >= 11 is 3.24. The number of rotatable bonds is 4. The van der Waals surface area contributed by atoms with Crippen LogP contribution in [-0.4, -0.2) is 76.6 Å². The van der Waals surface area contributed by atoms with Crippen molar-refractivity contribution in [2.75, 3.05) is 12.1 Å². The lowest BCUT2D eigenvalue weighted by Crippen LogP contribution is -2.52. The van der Waals surface area contributed by atoms with Gasteiger partial charge >= 0.3 is 7.12 Å². The maximum atomic E-state index is 10.8. The quantitative estimate of drug-likeness (QED) is 0.159. The predicted octanol–water partition coefficient (Wildman–Crippen LogP) is -2.58. The number of hydrogen-bond donors (Lipinski definition) is 7. The molecule has 13 heteroatoms. The molecule has 0 spiro atoms. The van der Waals surface area contributed by atoms with E-state index in [0.29, 0.717) is 0 Å². The molecule has 1 aliphatic rings. The van der Waals surface area contributed by atoms with E-state index in [9.17, 15) is 30.6 Å². The van der Waals surface area contributed by atoms with Crippen LogP contribution >= 0.6 is 15.9 Å². The van der Waals surface area contributed by atoms with E-state index in [0.717, 1.165) is 6.33 Å². The van der Waals surface area contributed by atoms with Crippen LogP contribution in [0.2, 0.25) is 0 Å². The smallest absolute Gasteiger partial charge is 0.423 e. The van der Waals surface area contributed by atoms with Crippen molar-refractivity contribution in [1.29, 1.82) is 0 Å². The molecule has 1 fully saturated rings. The van der Waals surface area contributed by atoms with Gasteiger partial charge in [-0.3, -0.25) is 15.3 Å². The maximum absolute atomic E-state index is 10.8. The van der Waals surface area contributed by atoms with Gasteiger partial charge in [-0.2, -0.15) is 0 Å². The van der Waals surface area contributed by atoms with Crippen molar-refractivity contribution in [3.8, 4) is 0 Å². The first-order chi connectivity index (χ1) is 11.7. The van der Waals surface area contributed by atoms with Crippen molar-refractivity contribution in [3.63, 3.8) is 0 Å². The molecular weight excluding hydrogens is 403 g/mol. The molecule has 0 unspecified atom stereocenters. The third kappa shape index (κ3) is 2.47. The Labute approximate surface area is 149 Å². The summed E-state index contributed by atoms with van der Waals surface area (Å²) in [6.45, 7) is 0.729. The number of aliphatic hydroxyl groups excluding tert-OH is 2. The molecule has 0 radical (unpaired) electrons. The van der Waals surface area contributed by atoms with E-state index >= 15 is 0 Å². The molecule has 2 aromatic heterocycles. The van der Waals surface area contributed by atoms with E-state index in [4.69, 9.17) is 4.74 Å². The molecule has 0 bridgehead atoms. The Balaban J connectivity index is 2.29. The number of fused-ring (bicyclic) bond motifs is 1. The van der Waals surface area contributed by atoms with Gasteiger partial charge in [0, 0.05) is 11.7 Å². The van der Waals surface area contributed by atoms with E-state index in [1.807, 2.05) is 5.48 Å². The number of hydrogen-bond acceptors (Lipinski definition) is 10. The van der Waals surface area contributed by atoms with Crippen molar-refractivity contribution >= 4 is 45.4 Å². The van der Waals surface area contributed by atoms with Crippen LogP contribution in [0.4, 0.5) is 5.82 Å².